The first kappa shape index (κ1) is 10.5. The lowest BCUT2D eigenvalue weighted by Gasteiger charge is -2.09. The molecule has 0 spiro atoms. The van der Waals surface area contributed by atoms with Crippen molar-refractivity contribution in [1.29, 1.82) is 0 Å². The van der Waals surface area contributed by atoms with Crippen LogP contribution in [0.15, 0.2) is 22.8 Å². The summed E-state index contributed by atoms with van der Waals surface area (Å²) in [6, 6.07) is 3.74. The van der Waals surface area contributed by atoms with Crippen LogP contribution >= 0.6 is 15.9 Å². The van der Waals surface area contributed by atoms with Gasteiger partial charge in [0.15, 0.2) is 0 Å². The summed E-state index contributed by atoms with van der Waals surface area (Å²) in [5, 5.41) is 12.3. The number of hydrogen-bond donors (Lipinski definition) is 2. The fourth-order valence-corrected chi connectivity index (χ4v) is 1.20. The van der Waals surface area contributed by atoms with Gasteiger partial charge in [0.1, 0.15) is 5.82 Å². The van der Waals surface area contributed by atoms with Crippen molar-refractivity contribution < 1.29 is 5.11 Å². The van der Waals surface area contributed by atoms with Gasteiger partial charge in [-0.15, -0.1) is 0 Å². The van der Waals surface area contributed by atoms with Crippen molar-refractivity contribution in [1.82, 2.24) is 4.98 Å². The van der Waals surface area contributed by atoms with Gasteiger partial charge in [-0.3, -0.25) is 0 Å². The Kier molecular flexibility index (Phi) is 4.18. The van der Waals surface area contributed by atoms with Crippen LogP contribution < -0.4 is 5.32 Å². The highest BCUT2D eigenvalue weighted by molar-refractivity contribution is 9.10. The minimum atomic E-state index is -0.305. The lowest BCUT2D eigenvalue weighted by Crippen LogP contribution is -2.18. The Labute approximate surface area is 86.3 Å². The molecule has 1 rings (SSSR count). The maximum absolute atomic E-state index is 9.29. The van der Waals surface area contributed by atoms with Gasteiger partial charge in [-0.2, -0.15) is 0 Å². The van der Waals surface area contributed by atoms with Gasteiger partial charge in [0.05, 0.1) is 6.10 Å². The van der Waals surface area contributed by atoms with Crippen molar-refractivity contribution in [3.8, 4) is 0 Å². The lowest BCUT2D eigenvalue weighted by molar-refractivity contribution is 0.183. The number of nitrogens with one attached hydrogen (secondary N) is 1. The molecule has 72 valence electrons. The van der Waals surface area contributed by atoms with Crippen LogP contribution in [0.1, 0.15) is 13.3 Å². The zero-order valence-corrected chi connectivity index (χ0v) is 9.08. The molecule has 0 amide bonds. The predicted molar refractivity (Wildman–Crippen MR) is 56.7 cm³/mol. The molecule has 0 radical (unpaired) electrons. The van der Waals surface area contributed by atoms with Gasteiger partial charge in [-0.25, -0.2) is 4.98 Å². The topological polar surface area (TPSA) is 45.1 Å². The number of pyridine rings is 1. The fourth-order valence-electron chi connectivity index (χ4n) is 0.868. The molecule has 4 heteroatoms. The normalized spacial score (nSPS) is 12.5. The standard InChI is InChI=1S/C9H13BrN2O/c1-2-8(13)6-12-9-5-7(10)3-4-11-9/h3-5,8,13H,2,6H2,1H3,(H,11,12)/t8-/m0/s1. The van der Waals surface area contributed by atoms with Gasteiger partial charge < -0.3 is 10.4 Å². The molecule has 0 aliphatic carbocycles. The molecule has 0 aliphatic rings. The van der Waals surface area contributed by atoms with E-state index in [0.717, 1.165) is 16.7 Å². The molecule has 3 nitrogen and oxygen atoms in total. The summed E-state index contributed by atoms with van der Waals surface area (Å²) in [7, 11) is 0. The van der Waals surface area contributed by atoms with Gasteiger partial charge >= 0.3 is 0 Å². The largest absolute Gasteiger partial charge is 0.391 e. The van der Waals surface area contributed by atoms with E-state index in [0.29, 0.717) is 6.54 Å². The average molecular weight is 245 g/mol. The molecule has 1 atom stereocenters. The third-order valence-electron chi connectivity index (χ3n) is 1.71. The van der Waals surface area contributed by atoms with E-state index in [4.69, 9.17) is 0 Å². The summed E-state index contributed by atoms with van der Waals surface area (Å²) in [5.41, 5.74) is 0. The van der Waals surface area contributed by atoms with Crippen molar-refractivity contribution >= 4 is 21.7 Å². The van der Waals surface area contributed by atoms with Crippen molar-refractivity contribution in [2.45, 2.75) is 19.4 Å². The van der Waals surface area contributed by atoms with Crippen molar-refractivity contribution in [3.05, 3.63) is 22.8 Å². The number of anilines is 1. The Balaban J connectivity index is 2.45. The Morgan fingerprint density at radius 1 is 1.69 bits per heavy atom. The summed E-state index contributed by atoms with van der Waals surface area (Å²) >= 11 is 3.34. The molecular weight excluding hydrogens is 232 g/mol. The quantitative estimate of drug-likeness (QED) is 0.853. The molecule has 0 bridgehead atoms. The number of aliphatic hydroxyl groups excluding tert-OH is 1. The monoisotopic (exact) mass is 244 g/mol. The van der Waals surface area contributed by atoms with E-state index >= 15 is 0 Å². The van der Waals surface area contributed by atoms with E-state index in [2.05, 4.69) is 26.2 Å². The summed E-state index contributed by atoms with van der Waals surface area (Å²) < 4.78 is 0.982. The molecule has 1 aromatic heterocycles. The number of halogens is 1. The summed E-state index contributed by atoms with van der Waals surface area (Å²) in [5.74, 6) is 0.780. The lowest BCUT2D eigenvalue weighted by atomic mass is 10.3. The first-order valence-electron chi connectivity index (χ1n) is 4.26. The van der Waals surface area contributed by atoms with E-state index in [9.17, 15) is 5.11 Å². The van der Waals surface area contributed by atoms with Crippen molar-refractivity contribution in [2.24, 2.45) is 0 Å². The van der Waals surface area contributed by atoms with Crippen LogP contribution in [0.3, 0.4) is 0 Å². The number of nitrogens with zero attached hydrogens (tertiary/aromatic N) is 1. The highest BCUT2D eigenvalue weighted by atomic mass is 79.9. The van der Waals surface area contributed by atoms with Gasteiger partial charge in [-0.1, -0.05) is 22.9 Å². The molecule has 2 N–H and O–H groups in total. The second-order valence-corrected chi connectivity index (χ2v) is 3.72. The molecule has 0 unspecified atom stereocenters. The number of aromatic nitrogens is 1. The maximum Gasteiger partial charge on any atom is 0.127 e. The van der Waals surface area contributed by atoms with Gasteiger partial charge in [0, 0.05) is 17.2 Å². The second kappa shape index (κ2) is 5.19. The SMILES string of the molecule is CC[C@H](O)CNc1cc(Br)ccn1. The molecule has 0 fully saturated rings. The van der Waals surface area contributed by atoms with Crippen LogP contribution in [-0.2, 0) is 0 Å². The number of rotatable bonds is 4. The Morgan fingerprint density at radius 3 is 3.08 bits per heavy atom. The van der Waals surface area contributed by atoms with Crippen LogP contribution in [0.25, 0.3) is 0 Å². The van der Waals surface area contributed by atoms with E-state index in [1.165, 1.54) is 0 Å². The zero-order chi connectivity index (χ0) is 9.68. The molecule has 0 aromatic carbocycles. The molecule has 13 heavy (non-hydrogen) atoms. The third-order valence-corrected chi connectivity index (χ3v) is 2.21. The molecular formula is C9H13BrN2O. The Bertz CT molecular complexity index is 268. The van der Waals surface area contributed by atoms with Gasteiger partial charge in [0.25, 0.3) is 0 Å². The van der Waals surface area contributed by atoms with Crippen LogP contribution in [-0.4, -0.2) is 22.7 Å². The minimum absolute atomic E-state index is 0.305. The van der Waals surface area contributed by atoms with Gasteiger partial charge in [-0.05, 0) is 18.6 Å². The average Bonchev–Trinajstić information content (AvgIpc) is 2.14. The van der Waals surface area contributed by atoms with Gasteiger partial charge in [0.2, 0.25) is 0 Å². The van der Waals surface area contributed by atoms with Crippen LogP contribution in [0.4, 0.5) is 5.82 Å². The second-order valence-electron chi connectivity index (χ2n) is 2.80. The van der Waals surface area contributed by atoms with Crippen LogP contribution in [0, 0.1) is 0 Å². The highest BCUT2D eigenvalue weighted by Gasteiger charge is 2.00. The van der Waals surface area contributed by atoms with E-state index in [1.807, 2.05) is 19.1 Å². The van der Waals surface area contributed by atoms with E-state index in [-0.39, 0.29) is 6.10 Å². The highest BCUT2D eigenvalue weighted by Crippen LogP contribution is 2.12. The minimum Gasteiger partial charge on any atom is -0.391 e. The summed E-state index contributed by atoms with van der Waals surface area (Å²) in [6.45, 7) is 2.49. The third kappa shape index (κ3) is 3.74. The summed E-state index contributed by atoms with van der Waals surface area (Å²) in [6.07, 6.45) is 2.16. The number of aliphatic hydroxyl groups is 1. The smallest absolute Gasteiger partial charge is 0.127 e. The van der Waals surface area contributed by atoms with E-state index < -0.39 is 0 Å². The zero-order valence-electron chi connectivity index (χ0n) is 7.50. The molecule has 0 saturated heterocycles. The van der Waals surface area contributed by atoms with Crippen molar-refractivity contribution in [2.75, 3.05) is 11.9 Å². The van der Waals surface area contributed by atoms with Crippen LogP contribution in [0.2, 0.25) is 0 Å². The molecule has 0 aliphatic heterocycles. The molecule has 1 aromatic rings. The van der Waals surface area contributed by atoms with E-state index in [1.54, 1.807) is 6.20 Å². The first-order valence-corrected chi connectivity index (χ1v) is 5.05. The maximum atomic E-state index is 9.29. The fraction of sp³-hybridized carbons (Fsp3) is 0.444. The Hall–Kier alpha value is -0.610. The Morgan fingerprint density at radius 2 is 2.46 bits per heavy atom. The first-order chi connectivity index (χ1) is 6.22. The molecule has 0 saturated carbocycles. The van der Waals surface area contributed by atoms with Crippen LogP contribution in [0.5, 0.6) is 0 Å². The summed E-state index contributed by atoms with van der Waals surface area (Å²) in [4.78, 5) is 4.09. The van der Waals surface area contributed by atoms with Crippen molar-refractivity contribution in [3.63, 3.8) is 0 Å². The predicted octanol–water partition coefficient (Wildman–Crippen LogP) is 2.03. The molecule has 1 heterocycles. The number of hydrogen-bond acceptors (Lipinski definition) is 3.